The molecule has 5 heterocycles. The average molecular weight is 839 g/mol. The van der Waals surface area contributed by atoms with Crippen molar-refractivity contribution < 1.29 is 41.8 Å². The Morgan fingerprint density at radius 2 is 1.89 bits per heavy atom. The highest BCUT2D eigenvalue weighted by atomic mass is 19.4. The molecular formula is C41H39F3N11O6+. The summed E-state index contributed by atoms with van der Waals surface area (Å²) in [5, 5.41) is 5.86. The molecule has 3 aliphatic heterocycles. The van der Waals surface area contributed by atoms with E-state index in [2.05, 4.69) is 42.7 Å². The van der Waals surface area contributed by atoms with E-state index < -0.39 is 53.9 Å². The Kier molecular flexibility index (Phi) is 10.5. The van der Waals surface area contributed by atoms with Crippen molar-refractivity contribution >= 4 is 41.5 Å². The Bertz CT molecular complexity index is 2530. The molecule has 1 saturated heterocycles. The van der Waals surface area contributed by atoms with Crippen LogP contribution in [0.15, 0.2) is 52.8 Å². The lowest BCUT2D eigenvalue weighted by atomic mass is 10.1. The maximum absolute atomic E-state index is 14.2. The fourth-order valence-corrected chi connectivity index (χ4v) is 7.63. The molecule has 2 aromatic heterocycles. The maximum Gasteiger partial charge on any atom is 0.434 e. The van der Waals surface area contributed by atoms with Crippen molar-refractivity contribution in [3.05, 3.63) is 93.5 Å². The number of nitrogens with zero attached hydrogens (tertiary/aromatic N) is 9. The molecule has 4 aliphatic rings. The molecule has 2 N–H and O–H groups in total. The molecule has 2 atom stereocenters. The zero-order valence-corrected chi connectivity index (χ0v) is 33.4. The summed E-state index contributed by atoms with van der Waals surface area (Å²) in [4.78, 5) is 90.4. The molecule has 2 aromatic carbocycles. The summed E-state index contributed by atoms with van der Waals surface area (Å²) in [6, 6.07) is 12.4. The van der Waals surface area contributed by atoms with Gasteiger partial charge in [-0.1, -0.05) is 18.2 Å². The number of carbonyl (C=O) groups is 4. The van der Waals surface area contributed by atoms with Crippen LogP contribution in [0.4, 0.5) is 18.9 Å². The average Bonchev–Trinajstić information content (AvgIpc) is 3.91. The zero-order chi connectivity index (χ0) is 43.4. The van der Waals surface area contributed by atoms with Crippen LogP contribution in [-0.4, -0.2) is 102 Å². The first-order chi connectivity index (χ1) is 29.1. The van der Waals surface area contributed by atoms with Gasteiger partial charge in [-0.25, -0.2) is 34.6 Å². The second-order valence-corrected chi connectivity index (χ2v) is 15.5. The van der Waals surface area contributed by atoms with E-state index >= 15 is 0 Å². The maximum atomic E-state index is 14.2. The van der Waals surface area contributed by atoms with Crippen molar-refractivity contribution in [2.45, 2.75) is 83.0 Å². The van der Waals surface area contributed by atoms with Gasteiger partial charge in [0.2, 0.25) is 24.1 Å². The number of benzene rings is 1. The van der Waals surface area contributed by atoms with E-state index in [0.717, 1.165) is 29.6 Å². The van der Waals surface area contributed by atoms with Crippen LogP contribution >= 0.6 is 0 Å². The summed E-state index contributed by atoms with van der Waals surface area (Å²) < 4.78 is 48.2. The predicted octanol–water partition coefficient (Wildman–Crippen LogP) is 4.68. The molecule has 1 saturated carbocycles. The Morgan fingerprint density at radius 3 is 2.56 bits per heavy atom. The Labute approximate surface area is 346 Å². The highest BCUT2D eigenvalue weighted by molar-refractivity contribution is 6.24. The number of amidine groups is 1. The number of rotatable bonds is 12. The van der Waals surface area contributed by atoms with Crippen molar-refractivity contribution in [2.75, 3.05) is 25.5 Å². The fourth-order valence-electron chi connectivity index (χ4n) is 7.63. The number of ether oxygens (including phenoxy) is 1. The van der Waals surface area contributed by atoms with E-state index in [1.165, 1.54) is 42.5 Å². The number of alkyl halides is 3. The molecule has 4 amide bonds. The van der Waals surface area contributed by atoms with Gasteiger partial charge in [0.25, 0.3) is 11.8 Å². The summed E-state index contributed by atoms with van der Waals surface area (Å²) in [5.74, 6) is -3.25. The third-order valence-electron chi connectivity index (χ3n) is 10.9. The molecule has 20 heteroatoms. The molecule has 0 bridgehead atoms. The fraction of sp³-hybridized carbons (Fsp3) is 0.390. The second-order valence-electron chi connectivity index (χ2n) is 15.5. The molecular weight excluding hydrogens is 800 g/mol. The lowest BCUT2D eigenvalue weighted by Crippen LogP contribution is -2.50. The summed E-state index contributed by atoms with van der Waals surface area (Å²) >= 11 is 0. The number of imidazole rings is 1. The monoisotopic (exact) mass is 838 g/mol. The lowest BCUT2D eigenvalue weighted by molar-refractivity contribution is -0.481. The number of carbonyl (C=O) groups excluding carboxylic acids is 4. The van der Waals surface area contributed by atoms with Crippen molar-refractivity contribution in [3.8, 4) is 17.3 Å². The first-order valence-corrected chi connectivity index (χ1v) is 19.5. The van der Waals surface area contributed by atoms with Crippen molar-refractivity contribution in [1.29, 1.82) is 0 Å². The summed E-state index contributed by atoms with van der Waals surface area (Å²) in [6.07, 6.45) is 1.00. The van der Waals surface area contributed by atoms with E-state index in [-0.39, 0.29) is 76.7 Å². The molecule has 2 fully saturated rings. The molecule has 2 unspecified atom stereocenters. The Morgan fingerprint density at radius 1 is 1.10 bits per heavy atom. The summed E-state index contributed by atoms with van der Waals surface area (Å²) in [7, 11) is 1.48. The van der Waals surface area contributed by atoms with Crippen LogP contribution in [0.25, 0.3) is 11.4 Å². The van der Waals surface area contributed by atoms with Gasteiger partial charge in [-0.15, -0.1) is 0 Å². The minimum absolute atomic E-state index is 0.0364. The first-order valence-electron chi connectivity index (χ1n) is 19.5. The standard InChI is InChI=1S/C41H38F3N11O6/c1-22(2)53-18-29(41(42,43)44)50-36(53)25-10-8-23(9-11-25)16-52(40(3)48-21-46-35(51-40)33-34(24-12-13-24)45-20-47-37(33)61-4)19-30(56)49-28-7-5-6-27-32(28)39(59)55(38(27)58)26-14-15-31(57)54(60)17-26/h5-8,10,18,20-22,24,26H,12-17,19H2,1-4H3,(H-,46,48,49,51,56,59)/p+1. The largest absolute Gasteiger partial charge is 0.480 e. The van der Waals surface area contributed by atoms with E-state index in [1.54, 1.807) is 37.8 Å². The Balaban J connectivity index is 1.11. The predicted molar refractivity (Wildman–Crippen MR) is 210 cm³/mol. The number of fused-ring (bicyclic) bond motifs is 1. The highest BCUT2D eigenvalue weighted by Gasteiger charge is 2.47. The number of hydrogen-bond acceptors (Lipinski definition) is 13. The van der Waals surface area contributed by atoms with E-state index in [4.69, 9.17) is 9.73 Å². The number of aliphatic imine (C=N–C) groups is 2. The quantitative estimate of drug-likeness (QED) is 0.149. The molecule has 1 aliphatic carbocycles. The Hall–Kier alpha value is -6.88. The number of methoxy groups -OCH3 is 1. The molecule has 0 radical (unpaired) electrons. The number of anilines is 1. The topological polar surface area (TPSA) is 196 Å². The first kappa shape index (κ1) is 40.9. The SMILES string of the molecule is COc1ncnc(C2CC2)c1C1=NC(C)(N(CC(=O)Nc2cccc3c2C(=O)N(C2CCC(=O)[N+](=O)C2)C3=O)Cc2c#cc(-c3nc(C(F)(F)F)cn3C(C)C)cc2)N=CN1. The van der Waals surface area contributed by atoms with Gasteiger partial charge in [-0.05, 0) is 64.3 Å². The van der Waals surface area contributed by atoms with E-state index in [0.29, 0.717) is 17.0 Å². The van der Waals surface area contributed by atoms with Crippen LogP contribution in [0.5, 0.6) is 5.88 Å². The van der Waals surface area contributed by atoms with Crippen LogP contribution in [-0.2, 0) is 22.3 Å². The number of nitrogens with one attached hydrogen (secondary N) is 2. The van der Waals surface area contributed by atoms with Gasteiger partial charge in [-0.3, -0.25) is 19.3 Å². The third kappa shape index (κ3) is 7.83. The highest BCUT2D eigenvalue weighted by Crippen LogP contribution is 2.42. The van der Waals surface area contributed by atoms with Gasteiger partial charge in [0, 0.05) is 35.2 Å². The van der Waals surface area contributed by atoms with Crippen molar-refractivity contribution in [1.82, 2.24) is 34.6 Å². The minimum atomic E-state index is -4.65. The number of aromatic nitrogens is 4. The van der Waals surface area contributed by atoms with Gasteiger partial charge in [0.1, 0.15) is 29.6 Å². The van der Waals surface area contributed by atoms with Gasteiger partial charge in [0.05, 0.1) is 59.2 Å². The molecule has 61 heavy (non-hydrogen) atoms. The van der Waals surface area contributed by atoms with E-state index in [1.807, 2.05) is 0 Å². The summed E-state index contributed by atoms with van der Waals surface area (Å²) in [5.41, 5.74) is 1.01. The van der Waals surface area contributed by atoms with Crippen molar-refractivity contribution in [2.24, 2.45) is 9.98 Å². The summed E-state index contributed by atoms with van der Waals surface area (Å²) in [6.45, 7) is 4.36. The van der Waals surface area contributed by atoms with Gasteiger partial charge < -0.3 is 19.9 Å². The van der Waals surface area contributed by atoms with Gasteiger partial charge in [0.15, 0.2) is 5.69 Å². The normalized spacial score (nSPS) is 20.2. The van der Waals surface area contributed by atoms with Crippen LogP contribution in [0.3, 0.4) is 0 Å². The second kappa shape index (κ2) is 15.6. The van der Waals surface area contributed by atoms with Crippen LogP contribution in [0.2, 0.25) is 0 Å². The number of piperidine rings is 1. The number of halogens is 3. The number of hydrogen-bond donors (Lipinski definition) is 2. The number of imide groups is 1. The van der Waals surface area contributed by atoms with Crippen LogP contribution in [0, 0.1) is 17.0 Å². The number of amides is 4. The molecule has 8 rings (SSSR count). The minimum Gasteiger partial charge on any atom is -0.480 e. The van der Waals surface area contributed by atoms with Crippen LogP contribution < -0.4 is 15.4 Å². The third-order valence-corrected chi connectivity index (χ3v) is 10.9. The number of nitroso groups, excluding NO2 is 1. The van der Waals surface area contributed by atoms with E-state index in [9.17, 15) is 37.3 Å². The lowest BCUT2D eigenvalue weighted by Gasteiger charge is -2.36. The molecule has 4 aromatic rings. The van der Waals surface area contributed by atoms with Gasteiger partial charge in [-0.2, -0.15) is 13.2 Å². The van der Waals surface area contributed by atoms with Crippen molar-refractivity contribution in [3.63, 3.8) is 0 Å². The molecule has 314 valence electrons. The zero-order valence-electron chi connectivity index (χ0n) is 33.4. The van der Waals surface area contributed by atoms with Gasteiger partial charge >= 0.3 is 12.1 Å². The molecule has 17 nitrogen and oxygen atoms in total. The molecule has 0 spiro atoms. The smallest absolute Gasteiger partial charge is 0.434 e. The van der Waals surface area contributed by atoms with Crippen LogP contribution in [0.1, 0.15) is 102 Å².